The van der Waals surface area contributed by atoms with Crippen molar-refractivity contribution in [2.45, 2.75) is 70.4 Å². The molecule has 1 aliphatic carbocycles. The number of aromatic nitrogens is 2. The zero-order valence-corrected chi connectivity index (χ0v) is 15.8. The highest BCUT2D eigenvalue weighted by Crippen LogP contribution is 2.24. The zero-order chi connectivity index (χ0) is 17.9. The van der Waals surface area contributed by atoms with Crippen LogP contribution >= 0.6 is 0 Å². The molecular formula is C21H30N4O. The van der Waals surface area contributed by atoms with Gasteiger partial charge in [0.15, 0.2) is 0 Å². The van der Waals surface area contributed by atoms with Crippen LogP contribution in [-0.2, 0) is 0 Å². The number of nitrogens with zero attached hydrogens (tertiary/aromatic N) is 3. The predicted molar refractivity (Wildman–Crippen MR) is 103 cm³/mol. The minimum Gasteiger partial charge on any atom is -0.347 e. The first-order chi connectivity index (χ1) is 12.7. The van der Waals surface area contributed by atoms with Crippen molar-refractivity contribution in [1.82, 2.24) is 19.6 Å². The van der Waals surface area contributed by atoms with Gasteiger partial charge in [0.05, 0.1) is 0 Å². The van der Waals surface area contributed by atoms with Crippen LogP contribution in [0.25, 0.3) is 5.65 Å². The van der Waals surface area contributed by atoms with Gasteiger partial charge in [-0.25, -0.2) is 4.98 Å². The van der Waals surface area contributed by atoms with Crippen LogP contribution in [0.5, 0.6) is 0 Å². The fourth-order valence-electron chi connectivity index (χ4n) is 4.60. The lowest BCUT2D eigenvalue weighted by molar-refractivity contribution is 0.0856. The number of hydrogen-bond acceptors (Lipinski definition) is 3. The number of fused-ring (bicyclic) bond motifs is 1. The number of likely N-dealkylation sites (tertiary alicyclic amines) is 1. The summed E-state index contributed by atoms with van der Waals surface area (Å²) in [5.41, 5.74) is 2.47. The Morgan fingerprint density at radius 3 is 2.73 bits per heavy atom. The SMILES string of the molecule is Cc1cccn2cc(C(=O)N[C@@H]3CCCN(C4CCCCCC4)C3)nc12. The van der Waals surface area contributed by atoms with Gasteiger partial charge in [-0.1, -0.05) is 31.7 Å². The summed E-state index contributed by atoms with van der Waals surface area (Å²) in [4.78, 5) is 19.9. The maximum atomic E-state index is 12.7. The number of amides is 1. The number of nitrogens with one attached hydrogen (secondary N) is 1. The Morgan fingerprint density at radius 2 is 1.96 bits per heavy atom. The van der Waals surface area contributed by atoms with Gasteiger partial charge >= 0.3 is 0 Å². The molecule has 2 fully saturated rings. The van der Waals surface area contributed by atoms with E-state index in [1.165, 1.54) is 51.5 Å². The van der Waals surface area contributed by atoms with Gasteiger partial charge < -0.3 is 9.72 Å². The molecule has 2 aliphatic rings. The smallest absolute Gasteiger partial charge is 0.271 e. The number of carbonyl (C=O) groups is 1. The Morgan fingerprint density at radius 1 is 1.15 bits per heavy atom. The summed E-state index contributed by atoms with van der Waals surface area (Å²) in [5, 5.41) is 3.24. The second-order valence-electron chi connectivity index (χ2n) is 8.00. The number of piperidine rings is 1. The Balaban J connectivity index is 1.40. The van der Waals surface area contributed by atoms with Crippen LogP contribution in [0.1, 0.15) is 67.4 Å². The third-order valence-corrected chi connectivity index (χ3v) is 6.04. The average Bonchev–Trinajstić information content (AvgIpc) is 2.91. The Labute approximate surface area is 155 Å². The number of pyridine rings is 1. The molecule has 26 heavy (non-hydrogen) atoms. The standard InChI is InChI=1S/C21H30N4O/c1-16-8-6-13-25-15-19(23-20(16)25)21(26)22-17-9-7-12-24(14-17)18-10-4-2-3-5-11-18/h6,8,13,15,17-18H,2-5,7,9-12,14H2,1H3,(H,22,26)/t17-/m1/s1. The molecule has 0 bridgehead atoms. The lowest BCUT2D eigenvalue weighted by Gasteiger charge is -2.38. The largest absolute Gasteiger partial charge is 0.347 e. The van der Waals surface area contributed by atoms with Gasteiger partial charge in [-0.05, 0) is 50.8 Å². The van der Waals surface area contributed by atoms with Crippen molar-refractivity contribution < 1.29 is 4.79 Å². The summed E-state index contributed by atoms with van der Waals surface area (Å²) >= 11 is 0. The zero-order valence-electron chi connectivity index (χ0n) is 15.8. The summed E-state index contributed by atoms with van der Waals surface area (Å²) < 4.78 is 1.93. The van der Waals surface area contributed by atoms with E-state index in [2.05, 4.69) is 15.2 Å². The average molecular weight is 354 g/mol. The van der Waals surface area contributed by atoms with Crippen molar-refractivity contribution in [3.8, 4) is 0 Å². The number of aryl methyl sites for hydroxylation is 1. The first-order valence-corrected chi connectivity index (χ1v) is 10.2. The lowest BCUT2D eigenvalue weighted by atomic mass is 10.00. The van der Waals surface area contributed by atoms with Crippen molar-refractivity contribution >= 4 is 11.6 Å². The molecular weight excluding hydrogens is 324 g/mol. The van der Waals surface area contributed by atoms with Gasteiger partial charge in [-0.15, -0.1) is 0 Å². The van der Waals surface area contributed by atoms with Crippen LogP contribution in [0.3, 0.4) is 0 Å². The molecule has 5 nitrogen and oxygen atoms in total. The molecule has 3 heterocycles. The van der Waals surface area contributed by atoms with Crippen molar-refractivity contribution in [3.63, 3.8) is 0 Å². The quantitative estimate of drug-likeness (QED) is 0.858. The fraction of sp³-hybridized carbons (Fsp3) is 0.619. The Kier molecular flexibility index (Phi) is 5.25. The molecule has 1 saturated carbocycles. The van der Waals surface area contributed by atoms with Gasteiger partial charge in [0.1, 0.15) is 11.3 Å². The van der Waals surface area contributed by atoms with Gasteiger partial charge in [-0.3, -0.25) is 9.69 Å². The summed E-state index contributed by atoms with van der Waals surface area (Å²) in [6.07, 6.45) is 14.2. The van der Waals surface area contributed by atoms with E-state index in [0.29, 0.717) is 5.69 Å². The van der Waals surface area contributed by atoms with Gasteiger partial charge in [-0.2, -0.15) is 0 Å². The summed E-state index contributed by atoms with van der Waals surface area (Å²) in [6.45, 7) is 4.20. The van der Waals surface area contributed by atoms with E-state index in [4.69, 9.17) is 0 Å². The third-order valence-electron chi connectivity index (χ3n) is 6.04. The number of imidazole rings is 1. The molecule has 0 radical (unpaired) electrons. The number of carbonyl (C=O) groups excluding carboxylic acids is 1. The molecule has 140 valence electrons. The first-order valence-electron chi connectivity index (χ1n) is 10.2. The van der Waals surface area contributed by atoms with Gasteiger partial charge in [0.25, 0.3) is 5.91 Å². The van der Waals surface area contributed by atoms with Crippen LogP contribution in [0.2, 0.25) is 0 Å². The van der Waals surface area contributed by atoms with Crippen LogP contribution < -0.4 is 5.32 Å². The highest BCUT2D eigenvalue weighted by molar-refractivity contribution is 5.93. The minimum absolute atomic E-state index is 0.0409. The fourth-order valence-corrected chi connectivity index (χ4v) is 4.60. The number of rotatable bonds is 3. The van der Waals surface area contributed by atoms with Crippen molar-refractivity contribution in [3.05, 3.63) is 35.8 Å². The second kappa shape index (κ2) is 7.78. The van der Waals surface area contributed by atoms with E-state index in [1.54, 1.807) is 0 Å². The lowest BCUT2D eigenvalue weighted by Crippen LogP contribution is -2.51. The van der Waals surface area contributed by atoms with E-state index in [0.717, 1.165) is 30.2 Å². The normalized spacial score (nSPS) is 23.0. The van der Waals surface area contributed by atoms with Gasteiger partial charge in [0.2, 0.25) is 0 Å². The maximum absolute atomic E-state index is 12.7. The van der Waals surface area contributed by atoms with E-state index >= 15 is 0 Å². The van der Waals surface area contributed by atoms with Crippen LogP contribution in [0.15, 0.2) is 24.5 Å². The van der Waals surface area contributed by atoms with Crippen LogP contribution in [-0.4, -0.2) is 45.4 Å². The van der Waals surface area contributed by atoms with Crippen molar-refractivity contribution in [2.75, 3.05) is 13.1 Å². The van der Waals surface area contributed by atoms with E-state index in [1.807, 2.05) is 35.9 Å². The molecule has 1 saturated heterocycles. The summed E-state index contributed by atoms with van der Waals surface area (Å²) in [7, 11) is 0. The molecule has 1 amide bonds. The molecule has 0 aromatic carbocycles. The summed E-state index contributed by atoms with van der Waals surface area (Å²) in [6, 6.07) is 4.97. The highest BCUT2D eigenvalue weighted by atomic mass is 16.2. The Hall–Kier alpha value is -1.88. The Bertz CT molecular complexity index is 760. The van der Waals surface area contributed by atoms with Crippen LogP contribution in [0.4, 0.5) is 0 Å². The van der Waals surface area contributed by atoms with E-state index in [-0.39, 0.29) is 11.9 Å². The molecule has 5 heteroatoms. The van der Waals surface area contributed by atoms with Gasteiger partial charge in [0, 0.05) is 31.0 Å². The molecule has 1 N–H and O–H groups in total. The third kappa shape index (κ3) is 3.78. The highest BCUT2D eigenvalue weighted by Gasteiger charge is 2.27. The topological polar surface area (TPSA) is 49.6 Å². The molecule has 0 spiro atoms. The maximum Gasteiger partial charge on any atom is 0.271 e. The minimum atomic E-state index is -0.0409. The van der Waals surface area contributed by atoms with Crippen molar-refractivity contribution in [2.24, 2.45) is 0 Å². The summed E-state index contributed by atoms with van der Waals surface area (Å²) in [5.74, 6) is -0.0409. The van der Waals surface area contributed by atoms with Crippen molar-refractivity contribution in [1.29, 1.82) is 0 Å². The molecule has 4 rings (SSSR count). The molecule has 1 aliphatic heterocycles. The number of hydrogen-bond donors (Lipinski definition) is 1. The van der Waals surface area contributed by atoms with E-state index in [9.17, 15) is 4.79 Å². The molecule has 1 atom stereocenters. The second-order valence-corrected chi connectivity index (χ2v) is 8.00. The molecule has 2 aromatic heterocycles. The monoisotopic (exact) mass is 354 g/mol. The molecule has 2 aromatic rings. The predicted octanol–water partition coefficient (Wildman–Crippen LogP) is 3.56. The first kappa shape index (κ1) is 17.5. The van der Waals surface area contributed by atoms with E-state index < -0.39 is 0 Å². The van der Waals surface area contributed by atoms with Crippen LogP contribution in [0, 0.1) is 6.92 Å². The molecule has 0 unspecified atom stereocenters.